The lowest BCUT2D eigenvalue weighted by molar-refractivity contribution is -0.171. The number of rotatable bonds is 7. The molecule has 18 heavy (non-hydrogen) atoms. The molecule has 0 aromatic heterocycles. The highest BCUT2D eigenvalue weighted by molar-refractivity contribution is 5.22. The van der Waals surface area contributed by atoms with Gasteiger partial charge < -0.3 is 0 Å². The second-order valence-corrected chi connectivity index (χ2v) is 3.92. The van der Waals surface area contributed by atoms with E-state index in [2.05, 4.69) is 18.5 Å². The fourth-order valence-electron chi connectivity index (χ4n) is 1.26. The van der Waals surface area contributed by atoms with Gasteiger partial charge in [-0.05, 0) is 12.0 Å². The first-order chi connectivity index (χ1) is 8.35. The van der Waals surface area contributed by atoms with E-state index >= 15 is 0 Å². The lowest BCUT2D eigenvalue weighted by Crippen LogP contribution is -2.34. The Bertz CT molecular complexity index is 350. The summed E-state index contributed by atoms with van der Waals surface area (Å²) in [5.41, 5.74) is 0.768. The highest BCUT2D eigenvalue weighted by atomic mass is 19.4. The Morgan fingerprint density at radius 1 is 1.44 bits per heavy atom. The highest BCUT2D eigenvalue weighted by Crippen LogP contribution is 2.29. The molecular weight excluding hydrogens is 241 g/mol. The maximum absolute atomic E-state index is 12.4. The normalized spacial score (nSPS) is 15.6. The summed E-state index contributed by atoms with van der Waals surface area (Å²) in [6.45, 7) is 8.43. The molecule has 0 fully saturated rings. The molecule has 0 heterocycles. The summed E-state index contributed by atoms with van der Waals surface area (Å²) in [6, 6.07) is 0.990. The van der Waals surface area contributed by atoms with Gasteiger partial charge in [-0.1, -0.05) is 38.3 Å². The molecule has 0 aliphatic heterocycles. The van der Waals surface area contributed by atoms with Crippen LogP contribution in [0, 0.1) is 17.2 Å². The molecule has 0 spiro atoms. The molecule has 0 amide bonds. The minimum Gasteiger partial charge on any atom is -0.298 e. The van der Waals surface area contributed by atoms with Crippen molar-refractivity contribution in [2.45, 2.75) is 25.6 Å². The number of hydrogen-bond donors (Lipinski definition) is 1. The summed E-state index contributed by atoms with van der Waals surface area (Å²) >= 11 is 0. The molecule has 0 aromatic carbocycles. The maximum Gasteiger partial charge on any atom is 0.391 e. The van der Waals surface area contributed by atoms with Gasteiger partial charge in [-0.2, -0.15) is 18.4 Å². The number of hydrogen-bond acceptors (Lipinski definition) is 2. The second kappa shape index (κ2) is 7.72. The zero-order chi connectivity index (χ0) is 14.2. The monoisotopic (exact) mass is 258 g/mol. The van der Waals surface area contributed by atoms with Crippen molar-refractivity contribution in [2.24, 2.45) is 5.92 Å². The summed E-state index contributed by atoms with van der Waals surface area (Å²) < 4.78 is 37.1. The van der Waals surface area contributed by atoms with E-state index in [0.29, 0.717) is 6.54 Å². The number of halogens is 3. The summed E-state index contributed by atoms with van der Waals surface area (Å²) in [6.07, 6.45) is 0.268. The molecule has 0 saturated heterocycles. The second-order valence-electron chi connectivity index (χ2n) is 3.92. The Morgan fingerprint density at radius 3 is 2.44 bits per heavy atom. The van der Waals surface area contributed by atoms with E-state index in [0.717, 1.165) is 12.5 Å². The van der Waals surface area contributed by atoms with Crippen LogP contribution in [-0.2, 0) is 0 Å². The Morgan fingerprint density at radius 2 is 2.06 bits per heavy atom. The molecule has 2 nitrogen and oxygen atoms in total. The van der Waals surface area contributed by atoms with Gasteiger partial charge in [0.25, 0.3) is 0 Å². The van der Waals surface area contributed by atoms with Gasteiger partial charge >= 0.3 is 6.18 Å². The van der Waals surface area contributed by atoms with Crippen molar-refractivity contribution in [1.82, 2.24) is 5.32 Å². The predicted molar refractivity (Wildman–Crippen MR) is 65.7 cm³/mol. The molecule has 0 bridgehead atoms. The minimum absolute atomic E-state index is 0.265. The minimum atomic E-state index is -4.27. The Balaban J connectivity index is 4.38. The van der Waals surface area contributed by atoms with Crippen LogP contribution in [-0.4, -0.2) is 18.8 Å². The Labute approximate surface area is 105 Å². The third-order valence-corrected chi connectivity index (χ3v) is 2.45. The van der Waals surface area contributed by atoms with Gasteiger partial charge in [-0.3, -0.25) is 5.32 Å². The summed E-state index contributed by atoms with van der Waals surface area (Å²) in [7, 11) is 0. The van der Waals surface area contributed by atoms with Gasteiger partial charge in [0.2, 0.25) is 0 Å². The summed E-state index contributed by atoms with van der Waals surface area (Å²) in [4.78, 5) is 0. The molecule has 0 radical (unpaired) electrons. The predicted octanol–water partition coefficient (Wildman–Crippen LogP) is 3.36. The first-order valence-electron chi connectivity index (χ1n) is 5.48. The van der Waals surface area contributed by atoms with Gasteiger partial charge in [0.05, 0.1) is 18.0 Å². The molecule has 0 rings (SSSR count). The van der Waals surface area contributed by atoms with Gasteiger partial charge in [0, 0.05) is 6.54 Å². The average Bonchev–Trinajstić information content (AvgIpc) is 2.30. The number of nitrogens with zero attached hydrogens (tertiary/aromatic N) is 1. The first-order valence-corrected chi connectivity index (χ1v) is 5.48. The van der Waals surface area contributed by atoms with E-state index in [9.17, 15) is 13.2 Å². The molecule has 0 saturated carbocycles. The third-order valence-electron chi connectivity index (χ3n) is 2.45. The zero-order valence-electron chi connectivity index (χ0n) is 10.3. The van der Waals surface area contributed by atoms with Crippen molar-refractivity contribution in [3.05, 3.63) is 37.0 Å². The van der Waals surface area contributed by atoms with E-state index in [1.54, 1.807) is 18.2 Å². The first kappa shape index (κ1) is 16.5. The smallest absolute Gasteiger partial charge is 0.298 e. The van der Waals surface area contributed by atoms with E-state index in [1.165, 1.54) is 0 Å². The molecule has 5 heteroatoms. The van der Waals surface area contributed by atoms with Crippen LogP contribution in [0.25, 0.3) is 0 Å². The topological polar surface area (TPSA) is 35.8 Å². The molecule has 2 unspecified atom stereocenters. The van der Waals surface area contributed by atoms with Crippen molar-refractivity contribution in [3.63, 3.8) is 0 Å². The number of alkyl halides is 3. The molecular formula is C13H17F3N2. The molecule has 0 aromatic rings. The fraction of sp³-hybridized carbons (Fsp3) is 0.462. The summed E-state index contributed by atoms with van der Waals surface area (Å²) in [5, 5.41) is 11.6. The maximum atomic E-state index is 12.4. The van der Waals surface area contributed by atoms with E-state index in [4.69, 9.17) is 5.26 Å². The van der Waals surface area contributed by atoms with Gasteiger partial charge in [-0.25, -0.2) is 0 Å². The van der Waals surface area contributed by atoms with Crippen molar-refractivity contribution in [3.8, 4) is 6.07 Å². The van der Waals surface area contributed by atoms with Crippen LogP contribution in [0.15, 0.2) is 37.0 Å². The van der Waals surface area contributed by atoms with Crippen molar-refractivity contribution < 1.29 is 13.2 Å². The van der Waals surface area contributed by atoms with Crippen LogP contribution in [0.4, 0.5) is 13.2 Å². The molecule has 1 N–H and O–H groups in total. The van der Waals surface area contributed by atoms with Crippen molar-refractivity contribution >= 4 is 0 Å². The van der Waals surface area contributed by atoms with Gasteiger partial charge in [-0.15, -0.1) is 0 Å². The van der Waals surface area contributed by atoms with Crippen LogP contribution in [0.1, 0.15) is 13.3 Å². The lowest BCUT2D eigenvalue weighted by atomic mass is 10.0. The van der Waals surface area contributed by atoms with Gasteiger partial charge in [0.1, 0.15) is 0 Å². The summed E-state index contributed by atoms with van der Waals surface area (Å²) in [5.74, 6) is -1.51. The van der Waals surface area contributed by atoms with Crippen LogP contribution in [0.5, 0.6) is 0 Å². The zero-order valence-corrected chi connectivity index (χ0v) is 10.3. The fourth-order valence-corrected chi connectivity index (χ4v) is 1.26. The quantitative estimate of drug-likeness (QED) is 0.711. The van der Waals surface area contributed by atoms with Crippen molar-refractivity contribution in [1.29, 1.82) is 5.26 Å². The standard InChI is InChI=1S/C13H17F3N2/c1-4-6-11(5-2)9-18-12(8-17)7-10(3)13(14,15)16/h4-6,10,12,18H,1-2,7,9H2,3H3/b11-6+. The van der Waals surface area contributed by atoms with Crippen molar-refractivity contribution in [2.75, 3.05) is 6.54 Å². The van der Waals surface area contributed by atoms with E-state index in [1.807, 2.05) is 6.07 Å². The SMILES string of the molecule is C=C/C=C(\C=C)CNC(C#N)CC(C)C(F)(F)F. The lowest BCUT2D eigenvalue weighted by Gasteiger charge is -2.19. The van der Waals surface area contributed by atoms with E-state index < -0.39 is 18.1 Å². The third kappa shape index (κ3) is 6.26. The van der Waals surface area contributed by atoms with Crippen LogP contribution >= 0.6 is 0 Å². The van der Waals surface area contributed by atoms with Crippen LogP contribution in [0.3, 0.4) is 0 Å². The van der Waals surface area contributed by atoms with Crippen LogP contribution in [0.2, 0.25) is 0 Å². The van der Waals surface area contributed by atoms with Crippen LogP contribution < -0.4 is 5.32 Å². The Kier molecular flexibility index (Phi) is 7.06. The molecule has 100 valence electrons. The van der Waals surface area contributed by atoms with Gasteiger partial charge in [0.15, 0.2) is 0 Å². The molecule has 0 aliphatic carbocycles. The number of allylic oxidation sites excluding steroid dienone is 2. The largest absolute Gasteiger partial charge is 0.391 e. The average molecular weight is 258 g/mol. The molecule has 0 aliphatic rings. The number of nitrogens with one attached hydrogen (secondary N) is 1. The molecule has 2 atom stereocenters. The number of nitriles is 1. The highest BCUT2D eigenvalue weighted by Gasteiger charge is 2.37. The van der Waals surface area contributed by atoms with E-state index in [-0.39, 0.29) is 6.42 Å². The Hall–Kier alpha value is -1.54.